The Bertz CT molecular complexity index is 630. The summed E-state index contributed by atoms with van der Waals surface area (Å²) in [5.74, 6) is -2.54. The van der Waals surface area contributed by atoms with E-state index in [0.29, 0.717) is 6.42 Å². The van der Waals surface area contributed by atoms with Crippen molar-refractivity contribution in [3.05, 3.63) is 10.8 Å². The maximum absolute atomic E-state index is 12.9. The number of ether oxygens (including phenoxy) is 2. The number of alkyl halides is 2. The predicted molar refractivity (Wildman–Crippen MR) is 115 cm³/mol. The highest BCUT2D eigenvalue weighted by Crippen LogP contribution is 2.54. The Morgan fingerprint density at radius 3 is 2.22 bits per heavy atom. The molecule has 0 aromatic carbocycles. The number of halogens is 2. The van der Waals surface area contributed by atoms with Crippen LogP contribution in [0.25, 0.3) is 0 Å². The van der Waals surface area contributed by atoms with Gasteiger partial charge >= 0.3 is 11.9 Å². The van der Waals surface area contributed by atoms with Crippen LogP contribution in [0.1, 0.15) is 32.1 Å². The lowest BCUT2D eigenvalue weighted by atomic mass is 9.66. The number of hydrogen-bond donors (Lipinski definition) is 1. The second kappa shape index (κ2) is 8.67. The van der Waals surface area contributed by atoms with Crippen molar-refractivity contribution in [3.8, 4) is 0 Å². The molecule has 8 heteroatoms. The van der Waals surface area contributed by atoms with Crippen LogP contribution < -0.4 is 0 Å². The van der Waals surface area contributed by atoms with E-state index >= 15 is 0 Å². The van der Waals surface area contributed by atoms with Gasteiger partial charge in [0, 0.05) is 4.83 Å². The fourth-order valence-corrected chi connectivity index (χ4v) is 9.10. The number of methoxy groups -OCH3 is 2. The van der Waals surface area contributed by atoms with E-state index in [1.165, 1.54) is 14.2 Å². The average molecular weight is 526 g/mol. The van der Waals surface area contributed by atoms with Gasteiger partial charge in [-0.25, -0.2) is 0 Å². The lowest BCUT2D eigenvalue weighted by Gasteiger charge is -2.51. The Kier molecular flexibility index (Phi) is 7.42. The molecule has 5 nitrogen and oxygen atoms in total. The Balaban J connectivity index is 2.88. The van der Waals surface area contributed by atoms with Gasteiger partial charge in [-0.3, -0.25) is 9.59 Å². The zero-order chi connectivity index (χ0) is 20.6. The molecule has 27 heavy (non-hydrogen) atoms. The summed E-state index contributed by atoms with van der Waals surface area (Å²) in [7, 11) is 0.650. The molecule has 5 atom stereocenters. The van der Waals surface area contributed by atoms with Crippen LogP contribution >= 0.6 is 31.9 Å². The standard InChI is InChI=1S/C19H30Br2O5Si/c1-25-17(23)13-12-11(20)9-7-6-8-10-19(21,14(13)18(24)26-2)16(22)15(12)27(3,4)5/h11,13-14,16,22H,6-10H2,1-5H3/t11-,13?,14?,16-,19?/m0/s1. The normalized spacial score (nSPS) is 35.0. The van der Waals surface area contributed by atoms with Gasteiger partial charge in [-0.1, -0.05) is 76.0 Å². The van der Waals surface area contributed by atoms with E-state index in [2.05, 4.69) is 51.5 Å². The van der Waals surface area contributed by atoms with Gasteiger partial charge in [-0.05, 0) is 18.4 Å². The van der Waals surface area contributed by atoms with Crippen LogP contribution in [0.15, 0.2) is 10.8 Å². The molecule has 3 aliphatic rings. The van der Waals surface area contributed by atoms with Crippen molar-refractivity contribution in [2.45, 2.75) is 67.0 Å². The van der Waals surface area contributed by atoms with Crippen molar-refractivity contribution in [1.82, 2.24) is 0 Å². The number of aliphatic hydroxyl groups excluding tert-OH is 1. The lowest BCUT2D eigenvalue weighted by molar-refractivity contribution is -0.159. The van der Waals surface area contributed by atoms with Gasteiger partial charge in [0.15, 0.2) is 0 Å². The largest absolute Gasteiger partial charge is 0.469 e. The Morgan fingerprint density at radius 1 is 1.11 bits per heavy atom. The zero-order valence-corrected chi connectivity index (χ0v) is 20.9. The summed E-state index contributed by atoms with van der Waals surface area (Å²) < 4.78 is 9.29. The van der Waals surface area contributed by atoms with Gasteiger partial charge in [0.25, 0.3) is 0 Å². The summed E-state index contributed by atoms with van der Waals surface area (Å²) in [6, 6.07) is 0. The molecule has 1 N–H and O–H groups in total. The SMILES string of the molecule is COC(=O)C1C2=C([Si](C)(C)C)[C@H](O)C(Br)(CCCCC[C@@H]2Br)C1C(=O)OC. The van der Waals surface area contributed by atoms with Crippen molar-refractivity contribution >= 4 is 51.9 Å². The molecule has 0 aromatic rings. The highest BCUT2D eigenvalue weighted by atomic mass is 79.9. The van der Waals surface area contributed by atoms with Crippen LogP contribution in [0.5, 0.6) is 0 Å². The quantitative estimate of drug-likeness (QED) is 0.343. The minimum Gasteiger partial charge on any atom is -0.469 e. The van der Waals surface area contributed by atoms with Gasteiger partial charge in [0.1, 0.15) is 0 Å². The van der Waals surface area contributed by atoms with Gasteiger partial charge in [0.2, 0.25) is 0 Å². The Labute approximate surface area is 179 Å². The molecule has 2 bridgehead atoms. The number of carbonyl (C=O) groups excluding carboxylic acids is 2. The summed E-state index contributed by atoms with van der Waals surface area (Å²) in [4.78, 5) is 25.7. The minimum absolute atomic E-state index is 0.0831. The third-order valence-corrected chi connectivity index (χ3v) is 10.3. The first-order chi connectivity index (χ1) is 12.5. The molecular weight excluding hydrogens is 496 g/mol. The first kappa shape index (κ1) is 23.1. The van der Waals surface area contributed by atoms with Crippen molar-refractivity contribution in [3.63, 3.8) is 0 Å². The fraction of sp³-hybridized carbons (Fsp3) is 0.789. The van der Waals surface area contributed by atoms with Crippen molar-refractivity contribution in [2.24, 2.45) is 11.8 Å². The number of esters is 2. The molecule has 0 amide bonds. The van der Waals surface area contributed by atoms with Crippen molar-refractivity contribution in [2.75, 3.05) is 14.2 Å². The molecule has 1 fully saturated rings. The Morgan fingerprint density at radius 2 is 1.70 bits per heavy atom. The number of aliphatic hydroxyl groups is 1. The van der Waals surface area contributed by atoms with E-state index in [4.69, 9.17) is 9.47 Å². The van der Waals surface area contributed by atoms with Crippen molar-refractivity contribution in [1.29, 1.82) is 0 Å². The van der Waals surface area contributed by atoms with E-state index in [9.17, 15) is 14.7 Å². The van der Waals surface area contributed by atoms with Crippen LogP contribution in [0.3, 0.4) is 0 Å². The first-order valence-electron chi connectivity index (χ1n) is 9.41. The van der Waals surface area contributed by atoms with E-state index in [1.54, 1.807) is 0 Å². The molecule has 3 unspecified atom stereocenters. The summed E-state index contributed by atoms with van der Waals surface area (Å²) in [5, 5.41) is 12.5. The van der Waals surface area contributed by atoms with E-state index < -0.39 is 42.3 Å². The molecule has 0 spiro atoms. The van der Waals surface area contributed by atoms with Crippen molar-refractivity contribution < 1.29 is 24.2 Å². The number of hydrogen-bond acceptors (Lipinski definition) is 5. The predicted octanol–water partition coefficient (Wildman–Crippen LogP) is 3.97. The number of rotatable bonds is 3. The molecule has 0 aromatic heterocycles. The lowest BCUT2D eigenvalue weighted by Crippen LogP contribution is -2.60. The van der Waals surface area contributed by atoms with Gasteiger partial charge in [0.05, 0.1) is 44.6 Å². The van der Waals surface area contributed by atoms with E-state index in [-0.39, 0.29) is 4.83 Å². The molecule has 0 heterocycles. The second-order valence-corrected chi connectivity index (χ2v) is 16.1. The zero-order valence-electron chi connectivity index (χ0n) is 16.7. The van der Waals surface area contributed by atoms with Gasteiger partial charge in [-0.15, -0.1) is 0 Å². The summed E-state index contributed by atoms with van der Waals surface area (Å²) in [5.41, 5.74) is 0.834. The highest BCUT2D eigenvalue weighted by Gasteiger charge is 2.61. The molecule has 3 rings (SSSR count). The van der Waals surface area contributed by atoms with Gasteiger partial charge in [-0.2, -0.15) is 0 Å². The van der Waals surface area contributed by atoms with Crippen LogP contribution in [0.4, 0.5) is 0 Å². The van der Waals surface area contributed by atoms with Crippen LogP contribution in [0.2, 0.25) is 19.6 Å². The van der Waals surface area contributed by atoms with Crippen LogP contribution in [-0.2, 0) is 19.1 Å². The van der Waals surface area contributed by atoms with E-state index in [1.807, 2.05) is 0 Å². The number of fused-ring (bicyclic) bond motifs is 7. The topological polar surface area (TPSA) is 72.8 Å². The monoisotopic (exact) mass is 524 g/mol. The molecule has 3 aliphatic carbocycles. The van der Waals surface area contributed by atoms with Crippen LogP contribution in [-0.4, -0.2) is 54.6 Å². The Hall–Kier alpha value is -0.183. The van der Waals surface area contributed by atoms with Gasteiger partial charge < -0.3 is 14.6 Å². The molecule has 1 saturated carbocycles. The second-order valence-electron chi connectivity index (χ2n) is 8.52. The average Bonchev–Trinajstić information content (AvgIpc) is 2.60. The molecule has 0 aliphatic heterocycles. The summed E-state index contributed by atoms with van der Waals surface area (Å²) >= 11 is 7.53. The summed E-state index contributed by atoms with van der Waals surface area (Å²) in [6.45, 7) is 6.49. The third-order valence-electron chi connectivity index (χ3n) is 5.80. The molecule has 154 valence electrons. The maximum Gasteiger partial charge on any atom is 0.313 e. The smallest absolute Gasteiger partial charge is 0.313 e. The summed E-state index contributed by atoms with van der Waals surface area (Å²) in [6.07, 6.45) is 3.49. The molecule has 0 radical (unpaired) electrons. The molecular formula is C19H30Br2O5Si. The minimum atomic E-state index is -2.02. The number of carbonyl (C=O) groups is 2. The first-order valence-corrected chi connectivity index (χ1v) is 14.6. The third kappa shape index (κ3) is 4.23. The van der Waals surface area contributed by atoms with Crippen LogP contribution in [0, 0.1) is 11.8 Å². The highest BCUT2D eigenvalue weighted by molar-refractivity contribution is 9.10. The molecule has 0 saturated heterocycles. The maximum atomic E-state index is 12.9. The van der Waals surface area contributed by atoms with E-state index in [0.717, 1.165) is 36.5 Å². The fourth-order valence-electron chi connectivity index (χ4n) is 4.59.